The van der Waals surface area contributed by atoms with Crippen molar-refractivity contribution in [2.24, 2.45) is 7.05 Å². The van der Waals surface area contributed by atoms with Crippen molar-refractivity contribution in [1.29, 1.82) is 0 Å². The minimum Gasteiger partial charge on any atom is -0.497 e. The number of methoxy groups -OCH3 is 2. The number of likely N-dealkylation sites (tertiary alicyclic amines) is 1. The summed E-state index contributed by atoms with van der Waals surface area (Å²) in [6, 6.07) is 6.50. The van der Waals surface area contributed by atoms with Crippen LogP contribution in [-0.2, 0) is 13.6 Å². The van der Waals surface area contributed by atoms with E-state index in [2.05, 4.69) is 20.2 Å². The number of nitrogens with zero attached hydrogens (tertiary/aromatic N) is 6. The minimum absolute atomic E-state index is 0.553. The van der Waals surface area contributed by atoms with Crippen LogP contribution in [0.2, 0.25) is 0 Å². The van der Waals surface area contributed by atoms with Crippen LogP contribution in [0.4, 0.5) is 11.8 Å². The predicted octanol–water partition coefficient (Wildman–Crippen LogP) is 3.45. The van der Waals surface area contributed by atoms with Crippen molar-refractivity contribution in [3.8, 4) is 11.5 Å². The molecule has 5 rings (SSSR count). The van der Waals surface area contributed by atoms with Gasteiger partial charge in [0.05, 0.1) is 25.8 Å². The zero-order valence-electron chi connectivity index (χ0n) is 20.5. The SMILES string of the molecule is COc1ccc(OC)c(CNc2nc(N3CCC(N4CCCCC4)CC3)nc3c2cnn3C)c1. The molecular formula is C25H35N7O2. The molecule has 2 aromatic heterocycles. The van der Waals surface area contributed by atoms with Crippen LogP contribution in [0.1, 0.15) is 37.7 Å². The van der Waals surface area contributed by atoms with Gasteiger partial charge in [0.1, 0.15) is 17.3 Å². The number of ether oxygens (including phenoxy) is 2. The first-order valence-electron chi connectivity index (χ1n) is 12.3. The molecule has 0 radical (unpaired) electrons. The highest BCUT2D eigenvalue weighted by atomic mass is 16.5. The van der Waals surface area contributed by atoms with E-state index in [4.69, 9.17) is 19.4 Å². The average Bonchev–Trinajstić information content (AvgIpc) is 3.28. The molecule has 9 nitrogen and oxygen atoms in total. The van der Waals surface area contributed by atoms with Crippen molar-refractivity contribution in [1.82, 2.24) is 24.6 Å². The van der Waals surface area contributed by atoms with Crippen LogP contribution in [0, 0.1) is 0 Å². The number of benzene rings is 1. The third kappa shape index (κ3) is 4.61. The molecule has 0 amide bonds. The van der Waals surface area contributed by atoms with Crippen LogP contribution in [0.3, 0.4) is 0 Å². The summed E-state index contributed by atoms with van der Waals surface area (Å²) >= 11 is 0. The number of hydrogen-bond acceptors (Lipinski definition) is 8. The molecule has 0 atom stereocenters. The molecule has 3 aromatic rings. The lowest BCUT2D eigenvalue weighted by atomic mass is 10.0. The summed E-state index contributed by atoms with van der Waals surface area (Å²) in [6.07, 6.45) is 8.21. The Balaban J connectivity index is 1.35. The van der Waals surface area contributed by atoms with Crippen LogP contribution in [-0.4, -0.2) is 71.1 Å². The van der Waals surface area contributed by atoms with E-state index < -0.39 is 0 Å². The maximum Gasteiger partial charge on any atom is 0.229 e. The van der Waals surface area contributed by atoms with E-state index >= 15 is 0 Å². The van der Waals surface area contributed by atoms with Crippen molar-refractivity contribution < 1.29 is 9.47 Å². The van der Waals surface area contributed by atoms with E-state index in [0.717, 1.165) is 65.8 Å². The second-order valence-electron chi connectivity index (χ2n) is 9.22. The first-order chi connectivity index (χ1) is 16.7. The lowest BCUT2D eigenvalue weighted by molar-refractivity contribution is 0.141. The molecule has 2 saturated heterocycles. The van der Waals surface area contributed by atoms with Crippen LogP contribution in [0.25, 0.3) is 11.0 Å². The van der Waals surface area contributed by atoms with Crippen LogP contribution >= 0.6 is 0 Å². The molecule has 0 bridgehead atoms. The Labute approximate surface area is 201 Å². The van der Waals surface area contributed by atoms with E-state index in [1.807, 2.05) is 36.1 Å². The molecule has 4 heterocycles. The van der Waals surface area contributed by atoms with Gasteiger partial charge in [0, 0.05) is 38.3 Å². The summed E-state index contributed by atoms with van der Waals surface area (Å²) in [4.78, 5) is 14.9. The summed E-state index contributed by atoms with van der Waals surface area (Å²) < 4.78 is 12.8. The maximum atomic E-state index is 5.55. The van der Waals surface area contributed by atoms with Gasteiger partial charge in [0.25, 0.3) is 0 Å². The van der Waals surface area contributed by atoms with Gasteiger partial charge in [-0.05, 0) is 57.0 Å². The molecule has 2 fully saturated rings. The molecule has 2 aliphatic heterocycles. The van der Waals surface area contributed by atoms with E-state index in [-0.39, 0.29) is 0 Å². The normalized spacial score (nSPS) is 17.8. The minimum atomic E-state index is 0.553. The lowest BCUT2D eigenvalue weighted by Crippen LogP contribution is -2.47. The highest BCUT2D eigenvalue weighted by molar-refractivity contribution is 5.87. The molecule has 9 heteroatoms. The first kappa shape index (κ1) is 22.7. The largest absolute Gasteiger partial charge is 0.497 e. The van der Waals surface area contributed by atoms with Gasteiger partial charge in [-0.2, -0.15) is 15.1 Å². The van der Waals surface area contributed by atoms with E-state index in [0.29, 0.717) is 12.6 Å². The molecule has 182 valence electrons. The topological polar surface area (TPSA) is 80.6 Å². The lowest BCUT2D eigenvalue weighted by Gasteiger charge is -2.40. The summed E-state index contributed by atoms with van der Waals surface area (Å²) in [7, 11) is 5.28. The fourth-order valence-corrected chi connectivity index (χ4v) is 5.20. The average molecular weight is 466 g/mol. The fraction of sp³-hybridized carbons (Fsp3) is 0.560. The van der Waals surface area contributed by atoms with Crippen molar-refractivity contribution in [2.75, 3.05) is 50.6 Å². The fourth-order valence-electron chi connectivity index (χ4n) is 5.20. The van der Waals surface area contributed by atoms with Crippen LogP contribution in [0.15, 0.2) is 24.4 Å². The number of piperidine rings is 2. The van der Waals surface area contributed by atoms with Crippen molar-refractivity contribution >= 4 is 22.8 Å². The van der Waals surface area contributed by atoms with Crippen LogP contribution < -0.4 is 19.7 Å². The monoisotopic (exact) mass is 465 g/mol. The Hall–Kier alpha value is -3.07. The molecule has 1 aromatic carbocycles. The quantitative estimate of drug-likeness (QED) is 0.568. The van der Waals surface area contributed by atoms with Crippen LogP contribution in [0.5, 0.6) is 11.5 Å². The van der Waals surface area contributed by atoms with Gasteiger partial charge in [0.15, 0.2) is 5.65 Å². The third-order valence-corrected chi connectivity index (χ3v) is 7.17. The Morgan fingerprint density at radius 1 is 1.00 bits per heavy atom. The summed E-state index contributed by atoms with van der Waals surface area (Å²) in [5, 5.41) is 8.86. The summed E-state index contributed by atoms with van der Waals surface area (Å²) in [5.41, 5.74) is 1.84. The highest BCUT2D eigenvalue weighted by Crippen LogP contribution is 2.29. The van der Waals surface area contributed by atoms with Crippen molar-refractivity contribution in [3.05, 3.63) is 30.0 Å². The number of hydrogen-bond donors (Lipinski definition) is 1. The Morgan fingerprint density at radius 3 is 2.53 bits per heavy atom. The van der Waals surface area contributed by atoms with Gasteiger partial charge in [-0.25, -0.2) is 0 Å². The second kappa shape index (κ2) is 10.0. The van der Waals surface area contributed by atoms with Crippen molar-refractivity contribution in [2.45, 2.75) is 44.7 Å². The predicted molar refractivity (Wildman–Crippen MR) is 134 cm³/mol. The number of aryl methyl sites for hydroxylation is 1. The second-order valence-corrected chi connectivity index (χ2v) is 9.22. The number of nitrogens with one attached hydrogen (secondary N) is 1. The van der Waals surface area contributed by atoms with Gasteiger partial charge in [-0.15, -0.1) is 0 Å². The molecule has 0 spiro atoms. The number of anilines is 2. The molecular weight excluding hydrogens is 430 g/mol. The Morgan fingerprint density at radius 2 is 1.79 bits per heavy atom. The van der Waals surface area contributed by atoms with Gasteiger partial charge in [-0.1, -0.05) is 6.42 Å². The molecule has 34 heavy (non-hydrogen) atoms. The number of aromatic nitrogens is 4. The maximum absolute atomic E-state index is 5.55. The zero-order valence-corrected chi connectivity index (χ0v) is 20.5. The van der Waals surface area contributed by atoms with Gasteiger partial charge < -0.3 is 24.6 Å². The van der Waals surface area contributed by atoms with E-state index in [1.165, 1.54) is 32.4 Å². The van der Waals surface area contributed by atoms with E-state index in [1.54, 1.807) is 14.2 Å². The highest BCUT2D eigenvalue weighted by Gasteiger charge is 2.27. The molecule has 0 aliphatic carbocycles. The van der Waals surface area contributed by atoms with Gasteiger partial charge >= 0.3 is 0 Å². The summed E-state index contributed by atoms with van der Waals surface area (Å²) in [6.45, 7) is 5.02. The standard InChI is InChI=1S/C25H35N7O2/c1-30-24-21(17-27-30)23(26-16-18-15-20(33-2)7-8-22(18)34-3)28-25(29-24)32-13-9-19(10-14-32)31-11-5-4-6-12-31/h7-8,15,17,19H,4-6,9-14,16H2,1-3H3,(H,26,28,29). The summed E-state index contributed by atoms with van der Waals surface area (Å²) in [5.74, 6) is 3.17. The van der Waals surface area contributed by atoms with Gasteiger partial charge in [0.2, 0.25) is 5.95 Å². The first-order valence-corrected chi connectivity index (χ1v) is 12.3. The smallest absolute Gasteiger partial charge is 0.229 e. The van der Waals surface area contributed by atoms with Crippen molar-refractivity contribution in [3.63, 3.8) is 0 Å². The van der Waals surface area contributed by atoms with E-state index in [9.17, 15) is 0 Å². The van der Waals surface area contributed by atoms with Gasteiger partial charge in [-0.3, -0.25) is 4.68 Å². The Kier molecular flexibility index (Phi) is 6.71. The zero-order chi connectivity index (χ0) is 23.5. The Bertz CT molecular complexity index is 1120. The molecule has 0 unspecified atom stereocenters. The number of rotatable bonds is 7. The number of fused-ring (bicyclic) bond motifs is 1. The molecule has 2 aliphatic rings. The molecule has 0 saturated carbocycles. The third-order valence-electron chi connectivity index (χ3n) is 7.17. The molecule has 1 N–H and O–H groups in total.